The van der Waals surface area contributed by atoms with Gasteiger partial charge in [-0.1, -0.05) is 11.6 Å². The van der Waals surface area contributed by atoms with Crippen LogP contribution in [0.1, 0.15) is 16.2 Å². The number of benzene rings is 1. The van der Waals surface area contributed by atoms with Crippen LogP contribution in [0.25, 0.3) is 11.0 Å². The van der Waals surface area contributed by atoms with Crippen LogP contribution >= 0.6 is 11.6 Å². The zero-order valence-corrected chi connectivity index (χ0v) is 10.4. The first kappa shape index (κ1) is 11.7. The van der Waals surface area contributed by atoms with E-state index >= 15 is 0 Å². The van der Waals surface area contributed by atoms with Crippen molar-refractivity contribution >= 4 is 28.6 Å². The number of aryl methyl sites for hydroxylation is 2. The van der Waals surface area contributed by atoms with Crippen LogP contribution in [-0.2, 0) is 7.05 Å². The van der Waals surface area contributed by atoms with Gasteiger partial charge in [0.15, 0.2) is 5.75 Å². The van der Waals surface area contributed by atoms with E-state index < -0.39 is 5.97 Å². The molecule has 0 spiro atoms. The number of fused-ring (bicyclic) bond motifs is 1. The Kier molecular flexibility index (Phi) is 2.71. The summed E-state index contributed by atoms with van der Waals surface area (Å²) in [4.78, 5) is 15.4. The summed E-state index contributed by atoms with van der Waals surface area (Å²) in [6, 6.07) is 1.38. The average Bonchev–Trinajstić information content (AvgIpc) is 2.55. The summed E-state index contributed by atoms with van der Waals surface area (Å²) >= 11 is 6.07. The summed E-state index contributed by atoms with van der Waals surface area (Å²) in [7, 11) is 3.23. The van der Waals surface area contributed by atoms with Crippen LogP contribution in [0.4, 0.5) is 0 Å². The minimum Gasteiger partial charge on any atom is -0.493 e. The number of aromatic carboxylic acids is 1. The van der Waals surface area contributed by atoms with Crippen molar-refractivity contribution < 1.29 is 14.6 Å². The van der Waals surface area contributed by atoms with Gasteiger partial charge >= 0.3 is 5.97 Å². The molecule has 0 saturated heterocycles. The van der Waals surface area contributed by atoms with E-state index in [-0.39, 0.29) is 11.3 Å². The monoisotopic (exact) mass is 254 g/mol. The lowest BCUT2D eigenvalue weighted by Crippen LogP contribution is -2.02. The predicted molar refractivity (Wildman–Crippen MR) is 64.0 cm³/mol. The summed E-state index contributed by atoms with van der Waals surface area (Å²) in [6.45, 7) is 1.82. The number of hydrogen-bond acceptors (Lipinski definition) is 3. The van der Waals surface area contributed by atoms with Crippen molar-refractivity contribution in [1.29, 1.82) is 0 Å². The highest BCUT2D eigenvalue weighted by Crippen LogP contribution is 2.34. The number of rotatable bonds is 2. The molecule has 0 fully saturated rings. The Hall–Kier alpha value is -1.75. The maximum atomic E-state index is 11.1. The van der Waals surface area contributed by atoms with Crippen LogP contribution in [0.3, 0.4) is 0 Å². The highest BCUT2D eigenvalue weighted by molar-refractivity contribution is 6.35. The molecule has 0 radical (unpaired) electrons. The fourth-order valence-electron chi connectivity index (χ4n) is 1.80. The van der Waals surface area contributed by atoms with Crippen molar-refractivity contribution in [2.24, 2.45) is 7.05 Å². The summed E-state index contributed by atoms with van der Waals surface area (Å²) in [5.41, 5.74) is 1.16. The number of methoxy groups -OCH3 is 1. The van der Waals surface area contributed by atoms with E-state index in [9.17, 15) is 4.79 Å². The number of carbonyl (C=O) groups is 1. The third-order valence-corrected chi connectivity index (χ3v) is 3.00. The lowest BCUT2D eigenvalue weighted by molar-refractivity contribution is 0.0693. The summed E-state index contributed by atoms with van der Waals surface area (Å²) in [5.74, 6) is -0.114. The smallest absolute Gasteiger partial charge is 0.339 e. The highest BCUT2D eigenvalue weighted by Gasteiger charge is 2.21. The minimum atomic E-state index is -1.09. The minimum absolute atomic E-state index is 0.0168. The molecule has 0 saturated carbocycles. The maximum Gasteiger partial charge on any atom is 0.339 e. The Morgan fingerprint density at radius 3 is 2.76 bits per heavy atom. The van der Waals surface area contributed by atoms with Gasteiger partial charge in [-0.3, -0.25) is 0 Å². The normalized spacial score (nSPS) is 10.8. The molecule has 1 heterocycles. The van der Waals surface area contributed by atoms with Crippen molar-refractivity contribution in [2.45, 2.75) is 6.92 Å². The van der Waals surface area contributed by atoms with E-state index in [0.29, 0.717) is 16.1 Å². The van der Waals surface area contributed by atoms with Crippen LogP contribution < -0.4 is 4.74 Å². The zero-order valence-electron chi connectivity index (χ0n) is 9.61. The molecule has 0 bridgehead atoms. The molecule has 0 aliphatic heterocycles. The van der Waals surface area contributed by atoms with Gasteiger partial charge in [-0.2, -0.15) is 0 Å². The molecule has 0 aliphatic carbocycles. The number of carboxylic acid groups (broad SMARTS) is 1. The topological polar surface area (TPSA) is 64.3 Å². The molecule has 0 unspecified atom stereocenters. The lowest BCUT2D eigenvalue weighted by Gasteiger charge is -2.07. The van der Waals surface area contributed by atoms with Crippen LogP contribution in [-0.4, -0.2) is 27.7 Å². The molecular weight excluding hydrogens is 244 g/mol. The van der Waals surface area contributed by atoms with E-state index in [2.05, 4.69) is 4.98 Å². The second kappa shape index (κ2) is 3.92. The molecule has 5 nitrogen and oxygen atoms in total. The van der Waals surface area contributed by atoms with Crippen molar-refractivity contribution in [3.8, 4) is 5.75 Å². The van der Waals surface area contributed by atoms with Crippen molar-refractivity contribution in [2.75, 3.05) is 7.11 Å². The fraction of sp³-hybridized carbons (Fsp3) is 0.273. The van der Waals surface area contributed by atoms with Gasteiger partial charge in [0.05, 0.1) is 17.6 Å². The molecule has 1 N–H and O–H groups in total. The molecule has 0 aliphatic rings. The van der Waals surface area contributed by atoms with Crippen molar-refractivity contribution in [1.82, 2.24) is 9.55 Å². The van der Waals surface area contributed by atoms with Crippen LogP contribution in [0.5, 0.6) is 5.75 Å². The molecule has 2 aromatic rings. The number of ether oxygens (including phenoxy) is 1. The molecule has 1 aromatic heterocycles. The van der Waals surface area contributed by atoms with Gasteiger partial charge < -0.3 is 14.4 Å². The molecule has 1 aromatic carbocycles. The van der Waals surface area contributed by atoms with Crippen molar-refractivity contribution in [3.63, 3.8) is 0 Å². The average molecular weight is 255 g/mol. The van der Waals surface area contributed by atoms with Crippen LogP contribution in [0.2, 0.25) is 5.02 Å². The summed E-state index contributed by atoms with van der Waals surface area (Å²) in [5, 5.41) is 9.43. The van der Waals surface area contributed by atoms with E-state index in [0.717, 1.165) is 5.82 Å². The zero-order chi connectivity index (χ0) is 12.7. The van der Waals surface area contributed by atoms with Gasteiger partial charge in [-0.15, -0.1) is 0 Å². The van der Waals surface area contributed by atoms with Crippen LogP contribution in [0.15, 0.2) is 6.07 Å². The Bertz CT molecular complexity index is 619. The van der Waals surface area contributed by atoms with E-state index in [1.807, 2.05) is 14.0 Å². The molecule has 90 valence electrons. The third-order valence-electron chi connectivity index (χ3n) is 2.71. The molecular formula is C11H11ClN2O3. The number of nitrogens with zero attached hydrogens (tertiary/aromatic N) is 2. The quantitative estimate of drug-likeness (QED) is 0.893. The van der Waals surface area contributed by atoms with E-state index in [1.165, 1.54) is 13.2 Å². The van der Waals surface area contributed by atoms with Crippen molar-refractivity contribution in [3.05, 3.63) is 22.5 Å². The Balaban J connectivity index is 2.96. The molecule has 6 heteroatoms. The first-order chi connectivity index (χ1) is 7.97. The van der Waals surface area contributed by atoms with Crippen LogP contribution in [0, 0.1) is 6.92 Å². The molecule has 0 atom stereocenters. The highest BCUT2D eigenvalue weighted by atomic mass is 35.5. The first-order valence-corrected chi connectivity index (χ1v) is 5.28. The Morgan fingerprint density at radius 1 is 1.59 bits per heavy atom. The molecule has 0 amide bonds. The fourth-order valence-corrected chi connectivity index (χ4v) is 2.12. The number of imidazole rings is 1. The second-order valence-electron chi connectivity index (χ2n) is 3.66. The third kappa shape index (κ3) is 1.63. The Labute approximate surface area is 103 Å². The standard InChI is InChI=1S/C11H11ClN2O3/c1-5-13-8-9(14(5)2)7(12)4-6(11(15)16)10(8)17-3/h4H,1-3H3,(H,15,16). The maximum absolute atomic E-state index is 11.1. The number of aromatic nitrogens is 2. The SMILES string of the molecule is COc1c(C(=O)O)cc(Cl)c2c1nc(C)n2C. The van der Waals surface area contributed by atoms with E-state index in [1.54, 1.807) is 4.57 Å². The van der Waals surface area contributed by atoms with E-state index in [4.69, 9.17) is 21.4 Å². The van der Waals surface area contributed by atoms with Gasteiger partial charge in [0.25, 0.3) is 0 Å². The number of hydrogen-bond donors (Lipinski definition) is 1. The lowest BCUT2D eigenvalue weighted by atomic mass is 10.1. The summed E-state index contributed by atoms with van der Waals surface area (Å²) < 4.78 is 6.93. The predicted octanol–water partition coefficient (Wildman–Crippen LogP) is 2.24. The Morgan fingerprint density at radius 2 is 2.24 bits per heavy atom. The second-order valence-corrected chi connectivity index (χ2v) is 4.07. The first-order valence-electron chi connectivity index (χ1n) is 4.90. The number of halogens is 1. The van der Waals surface area contributed by atoms with Gasteiger partial charge in [0, 0.05) is 7.05 Å². The largest absolute Gasteiger partial charge is 0.493 e. The molecule has 2 rings (SSSR count). The molecule has 17 heavy (non-hydrogen) atoms. The van der Waals surface area contributed by atoms with Gasteiger partial charge in [0.1, 0.15) is 16.9 Å². The van der Waals surface area contributed by atoms with Gasteiger partial charge in [-0.25, -0.2) is 9.78 Å². The number of carboxylic acids is 1. The summed E-state index contributed by atoms with van der Waals surface area (Å²) in [6.07, 6.45) is 0. The van der Waals surface area contributed by atoms with Gasteiger partial charge in [0.2, 0.25) is 0 Å². The van der Waals surface area contributed by atoms with Gasteiger partial charge in [-0.05, 0) is 13.0 Å².